The molecule has 0 aliphatic rings. The van der Waals surface area contributed by atoms with E-state index in [2.05, 4.69) is 0 Å². The van der Waals surface area contributed by atoms with Gasteiger partial charge in [-0.3, -0.25) is 9.35 Å². The minimum Gasteiger partial charge on any atom is -0.460 e. The molecule has 0 saturated carbocycles. The third-order valence-corrected chi connectivity index (χ3v) is 3.86. The normalized spacial score (nSPS) is 12.0. The van der Waals surface area contributed by atoms with Crippen molar-refractivity contribution in [2.45, 2.75) is 51.0 Å². The molecule has 0 bridgehead atoms. The van der Waals surface area contributed by atoms with Crippen LogP contribution in [0.2, 0.25) is 0 Å². The summed E-state index contributed by atoms with van der Waals surface area (Å²) in [6.07, 6.45) is 2.02. The van der Waals surface area contributed by atoms with Gasteiger partial charge in [0.05, 0.1) is 11.5 Å². The molecular weight excluding hydrogens is 348 g/mol. The van der Waals surface area contributed by atoms with Crippen LogP contribution in [0.1, 0.15) is 38.7 Å². The lowest BCUT2D eigenvalue weighted by Gasteiger charge is -2.16. The second-order valence-corrected chi connectivity index (χ2v) is 6.88. The Morgan fingerprint density at radius 2 is 1.84 bits per heavy atom. The zero-order valence-corrected chi connectivity index (χ0v) is 15.8. The maximum Gasteiger partial charge on any atom is 0.302 e. The minimum atomic E-state index is -4.02. The molecule has 0 spiro atoms. The smallest absolute Gasteiger partial charge is 0.302 e. The second kappa shape index (κ2) is 12.8. The summed E-state index contributed by atoms with van der Waals surface area (Å²) < 4.78 is 39.9. The molecule has 0 aliphatic carbocycles. The van der Waals surface area contributed by atoms with Crippen LogP contribution in [-0.2, 0) is 24.4 Å². The Morgan fingerprint density at radius 1 is 1.24 bits per heavy atom. The summed E-state index contributed by atoms with van der Waals surface area (Å²) >= 11 is 0. The van der Waals surface area contributed by atoms with Gasteiger partial charge in [-0.25, -0.2) is 0 Å². The average Bonchev–Trinajstić information content (AvgIpc) is 2.52. The van der Waals surface area contributed by atoms with Crippen molar-refractivity contribution < 1.29 is 32.3 Å². The van der Waals surface area contributed by atoms with Gasteiger partial charge in [0.15, 0.2) is 0 Å². The van der Waals surface area contributed by atoms with E-state index in [1.165, 1.54) is 19.1 Å². The first-order valence-corrected chi connectivity index (χ1v) is 9.54. The quantitative estimate of drug-likeness (QED) is 0.387. The number of hydrogen-bond acceptors (Lipinski definition) is 6. The number of ether oxygens (including phenoxy) is 2. The van der Waals surface area contributed by atoms with Crippen LogP contribution in [0, 0.1) is 6.92 Å². The molecule has 0 heterocycles. The summed E-state index contributed by atoms with van der Waals surface area (Å²) in [5, 5.41) is 8.64. The number of aliphatic hydroxyl groups excluding tert-OH is 1. The zero-order valence-electron chi connectivity index (χ0n) is 15.0. The molecule has 25 heavy (non-hydrogen) atoms. The third kappa shape index (κ3) is 12.5. The molecule has 144 valence electrons. The van der Waals surface area contributed by atoms with Crippen molar-refractivity contribution in [3.05, 3.63) is 29.8 Å². The molecule has 7 nitrogen and oxygen atoms in total. The Labute approximate surface area is 149 Å². The van der Waals surface area contributed by atoms with E-state index in [9.17, 15) is 13.2 Å². The molecule has 0 fully saturated rings. The Morgan fingerprint density at radius 3 is 2.28 bits per heavy atom. The minimum absolute atomic E-state index is 0.0666. The van der Waals surface area contributed by atoms with Crippen LogP contribution in [0.3, 0.4) is 0 Å². The van der Waals surface area contributed by atoms with Crippen molar-refractivity contribution >= 4 is 16.1 Å². The lowest BCUT2D eigenvalue weighted by Crippen LogP contribution is -2.23. The molecule has 0 amide bonds. The molecule has 0 aromatic heterocycles. The molecule has 1 atom stereocenters. The van der Waals surface area contributed by atoms with Gasteiger partial charge in [-0.05, 0) is 38.3 Å². The van der Waals surface area contributed by atoms with Gasteiger partial charge in [0.2, 0.25) is 0 Å². The molecule has 1 aromatic carbocycles. The Balaban J connectivity index is 0.000000472. The Bertz CT molecular complexity index is 582. The first kappa shape index (κ1) is 23.5. The van der Waals surface area contributed by atoms with Gasteiger partial charge in [0, 0.05) is 20.1 Å². The van der Waals surface area contributed by atoms with Gasteiger partial charge in [0.25, 0.3) is 10.1 Å². The number of aryl methyl sites for hydroxylation is 1. The highest BCUT2D eigenvalue weighted by molar-refractivity contribution is 7.85. The van der Waals surface area contributed by atoms with E-state index >= 15 is 0 Å². The third-order valence-electron chi connectivity index (χ3n) is 2.99. The van der Waals surface area contributed by atoms with Crippen LogP contribution in [0.4, 0.5) is 0 Å². The van der Waals surface area contributed by atoms with Gasteiger partial charge in [-0.15, -0.1) is 0 Å². The van der Waals surface area contributed by atoms with Crippen LogP contribution in [-0.4, -0.2) is 50.0 Å². The lowest BCUT2D eigenvalue weighted by atomic mass is 10.2. The van der Waals surface area contributed by atoms with Crippen LogP contribution in [0.25, 0.3) is 0 Å². The van der Waals surface area contributed by atoms with Gasteiger partial charge < -0.3 is 14.6 Å². The van der Waals surface area contributed by atoms with Gasteiger partial charge >= 0.3 is 5.97 Å². The van der Waals surface area contributed by atoms with Crippen molar-refractivity contribution in [2.24, 2.45) is 0 Å². The van der Waals surface area contributed by atoms with Crippen molar-refractivity contribution in [3.8, 4) is 0 Å². The fourth-order valence-corrected chi connectivity index (χ4v) is 2.28. The molecule has 8 heteroatoms. The van der Waals surface area contributed by atoms with Crippen LogP contribution in [0.15, 0.2) is 29.2 Å². The first-order valence-electron chi connectivity index (χ1n) is 8.10. The van der Waals surface area contributed by atoms with E-state index in [1.54, 1.807) is 12.1 Å². The van der Waals surface area contributed by atoms with Crippen molar-refractivity contribution in [3.63, 3.8) is 0 Å². The molecule has 2 N–H and O–H groups in total. The molecule has 1 unspecified atom stereocenters. The molecule has 0 saturated heterocycles. The topological polar surface area (TPSA) is 110 Å². The average molecular weight is 376 g/mol. The number of esters is 1. The van der Waals surface area contributed by atoms with E-state index in [-0.39, 0.29) is 23.6 Å². The van der Waals surface area contributed by atoms with E-state index in [0.29, 0.717) is 26.1 Å². The highest BCUT2D eigenvalue weighted by atomic mass is 32.2. The highest BCUT2D eigenvalue weighted by Crippen LogP contribution is 2.08. The van der Waals surface area contributed by atoms with E-state index in [1.807, 2.05) is 13.8 Å². The Hall–Kier alpha value is -1.48. The molecule has 0 radical (unpaired) electrons. The highest BCUT2D eigenvalue weighted by Gasteiger charge is 2.11. The molecular formula is C17H28O7S. The summed E-state index contributed by atoms with van der Waals surface area (Å²) in [6, 6.07) is 5.99. The van der Waals surface area contributed by atoms with E-state index in [0.717, 1.165) is 12.0 Å². The summed E-state index contributed by atoms with van der Waals surface area (Å²) in [4.78, 5) is 10.6. The predicted molar refractivity (Wildman–Crippen MR) is 94.0 cm³/mol. The molecule has 1 rings (SSSR count). The number of hydrogen-bond donors (Lipinski definition) is 2. The maximum atomic E-state index is 10.7. The number of carbonyl (C=O) groups is 1. The molecule has 1 aromatic rings. The van der Waals surface area contributed by atoms with Crippen molar-refractivity contribution in [2.75, 3.05) is 19.8 Å². The zero-order chi connectivity index (χ0) is 19.3. The summed E-state index contributed by atoms with van der Waals surface area (Å²) in [6.45, 7) is 6.46. The fourth-order valence-electron chi connectivity index (χ4n) is 1.80. The standard InChI is InChI=1S/C10H20O4.C7H8O3S/c1-3-7-13-8-10(5-4-6-11)14-9(2)12;1-6-2-4-7(5-3-6)11(8,9)10/h10-11H,3-8H2,1-2H3;2-5H,1H3,(H,8,9,10). The van der Waals surface area contributed by atoms with E-state index < -0.39 is 10.1 Å². The van der Waals surface area contributed by atoms with Crippen molar-refractivity contribution in [1.82, 2.24) is 0 Å². The molecule has 0 aliphatic heterocycles. The fraction of sp³-hybridized carbons (Fsp3) is 0.588. The van der Waals surface area contributed by atoms with Crippen LogP contribution < -0.4 is 0 Å². The van der Waals surface area contributed by atoms with Gasteiger partial charge in [-0.2, -0.15) is 8.42 Å². The lowest BCUT2D eigenvalue weighted by molar-refractivity contribution is -0.150. The maximum absolute atomic E-state index is 10.7. The van der Waals surface area contributed by atoms with E-state index in [4.69, 9.17) is 19.1 Å². The second-order valence-electron chi connectivity index (χ2n) is 5.46. The number of aliphatic hydroxyl groups is 1. The number of carbonyl (C=O) groups excluding carboxylic acids is 1. The predicted octanol–water partition coefficient (Wildman–Crippen LogP) is 2.36. The van der Waals surface area contributed by atoms with Gasteiger partial charge in [-0.1, -0.05) is 24.6 Å². The summed E-state index contributed by atoms with van der Waals surface area (Å²) in [7, 11) is -4.02. The van der Waals surface area contributed by atoms with Gasteiger partial charge in [0.1, 0.15) is 6.10 Å². The Kier molecular flexibility index (Phi) is 12.1. The number of rotatable bonds is 9. The SMILES string of the molecule is CCCOCC(CCCO)OC(C)=O.Cc1ccc(S(=O)(=O)O)cc1. The van der Waals surface area contributed by atoms with Crippen LogP contribution in [0.5, 0.6) is 0 Å². The first-order chi connectivity index (χ1) is 11.7. The number of benzene rings is 1. The summed E-state index contributed by atoms with van der Waals surface area (Å²) in [5.74, 6) is -0.298. The van der Waals surface area contributed by atoms with Crippen molar-refractivity contribution in [1.29, 1.82) is 0 Å². The monoisotopic (exact) mass is 376 g/mol. The summed E-state index contributed by atoms with van der Waals surface area (Å²) in [5.41, 5.74) is 0.956. The largest absolute Gasteiger partial charge is 0.460 e. The van der Waals surface area contributed by atoms with Crippen LogP contribution >= 0.6 is 0 Å².